The smallest absolute Gasteiger partial charge is 0.112 e. The molecule has 0 N–H and O–H groups in total. The molecule has 2 saturated heterocycles. The fraction of sp³-hybridized carbons (Fsp3) is 0.333. The molecule has 2 aliphatic rings. The summed E-state index contributed by atoms with van der Waals surface area (Å²) >= 11 is 0. The molecule has 2 aliphatic heterocycles. The Morgan fingerprint density at radius 1 is 0.741 bits per heavy atom. The van der Waals surface area contributed by atoms with Gasteiger partial charge in [0.2, 0.25) is 0 Å². The lowest BCUT2D eigenvalue weighted by atomic mass is 10.0. The molecule has 2 aromatic rings. The second-order valence-electron chi connectivity index (χ2n) is 7.11. The van der Waals surface area contributed by atoms with E-state index in [9.17, 15) is 0 Å². The highest BCUT2D eigenvalue weighted by atomic mass is 16.6. The van der Waals surface area contributed by atoms with Crippen LogP contribution in [0.3, 0.4) is 0 Å². The lowest BCUT2D eigenvalue weighted by Gasteiger charge is -2.05. The molecule has 4 unspecified atom stereocenters. The SMILES string of the molecule is C=CCc1ccccc1C1OC1COCC1OC1c1ccccc1CC=C. The number of allylic oxidation sites excluding steroid dienone is 2. The quantitative estimate of drug-likeness (QED) is 0.452. The lowest BCUT2D eigenvalue weighted by Crippen LogP contribution is -2.09. The van der Waals surface area contributed by atoms with Crippen molar-refractivity contribution < 1.29 is 14.2 Å². The minimum Gasteiger partial charge on any atom is -0.376 e. The molecule has 2 heterocycles. The standard InChI is InChI=1S/C24H26O3/c1-3-9-17-11-5-7-13-19(17)23-21(26-23)15-25-16-22-24(27-22)20-14-8-6-12-18(20)10-4-2/h3-8,11-14,21-24H,1-2,9-10,15-16H2. The van der Waals surface area contributed by atoms with E-state index in [1.165, 1.54) is 22.3 Å². The van der Waals surface area contributed by atoms with E-state index in [0.717, 1.165) is 12.8 Å². The Bertz CT molecular complexity index is 745. The molecule has 0 bridgehead atoms. The highest BCUT2D eigenvalue weighted by Gasteiger charge is 2.44. The van der Waals surface area contributed by atoms with Crippen molar-refractivity contribution in [3.63, 3.8) is 0 Å². The molecule has 0 spiro atoms. The first-order valence-corrected chi connectivity index (χ1v) is 9.58. The third-order valence-corrected chi connectivity index (χ3v) is 5.18. The zero-order valence-electron chi connectivity index (χ0n) is 15.6. The molecular weight excluding hydrogens is 336 g/mol. The highest BCUT2D eigenvalue weighted by molar-refractivity contribution is 5.34. The Labute approximate surface area is 161 Å². The van der Waals surface area contributed by atoms with Gasteiger partial charge in [-0.1, -0.05) is 60.7 Å². The van der Waals surface area contributed by atoms with Gasteiger partial charge in [-0.05, 0) is 35.1 Å². The van der Waals surface area contributed by atoms with Crippen LogP contribution in [-0.2, 0) is 27.1 Å². The van der Waals surface area contributed by atoms with Crippen molar-refractivity contribution in [3.05, 3.63) is 96.1 Å². The number of rotatable bonds is 10. The minimum atomic E-state index is 0.140. The fourth-order valence-corrected chi connectivity index (χ4v) is 3.69. The molecule has 3 nitrogen and oxygen atoms in total. The number of hydrogen-bond donors (Lipinski definition) is 0. The van der Waals surface area contributed by atoms with E-state index in [0.29, 0.717) is 13.2 Å². The maximum Gasteiger partial charge on any atom is 0.112 e. The maximum absolute atomic E-state index is 5.89. The summed E-state index contributed by atoms with van der Waals surface area (Å²) in [5, 5.41) is 0. The summed E-state index contributed by atoms with van der Waals surface area (Å²) in [5.74, 6) is 0. The Balaban J connectivity index is 1.25. The van der Waals surface area contributed by atoms with Crippen LogP contribution in [0.5, 0.6) is 0 Å². The maximum atomic E-state index is 5.89. The predicted octanol–water partition coefficient (Wildman–Crippen LogP) is 4.74. The van der Waals surface area contributed by atoms with Gasteiger partial charge in [-0.3, -0.25) is 0 Å². The number of epoxide rings is 2. The predicted molar refractivity (Wildman–Crippen MR) is 107 cm³/mol. The molecule has 4 atom stereocenters. The molecule has 0 aromatic heterocycles. The van der Waals surface area contributed by atoms with Crippen molar-refractivity contribution in [2.75, 3.05) is 13.2 Å². The number of benzene rings is 2. The van der Waals surface area contributed by atoms with E-state index in [-0.39, 0.29) is 24.4 Å². The van der Waals surface area contributed by atoms with Crippen LogP contribution in [0.25, 0.3) is 0 Å². The minimum absolute atomic E-state index is 0.140. The van der Waals surface area contributed by atoms with Gasteiger partial charge in [0.1, 0.15) is 24.4 Å². The molecule has 0 amide bonds. The molecule has 4 rings (SSSR count). The molecule has 0 saturated carbocycles. The van der Waals surface area contributed by atoms with E-state index in [2.05, 4.69) is 61.7 Å². The molecule has 140 valence electrons. The van der Waals surface area contributed by atoms with Gasteiger partial charge in [0.25, 0.3) is 0 Å². The Hall–Kier alpha value is -2.20. The van der Waals surface area contributed by atoms with E-state index in [1.54, 1.807) is 0 Å². The van der Waals surface area contributed by atoms with Crippen LogP contribution in [0.15, 0.2) is 73.8 Å². The number of hydrogen-bond acceptors (Lipinski definition) is 3. The van der Waals surface area contributed by atoms with Crippen LogP contribution in [0.1, 0.15) is 34.5 Å². The van der Waals surface area contributed by atoms with Crippen molar-refractivity contribution in [2.45, 2.75) is 37.3 Å². The lowest BCUT2D eigenvalue weighted by molar-refractivity contribution is 0.102. The summed E-state index contributed by atoms with van der Waals surface area (Å²) < 4.78 is 17.6. The van der Waals surface area contributed by atoms with E-state index < -0.39 is 0 Å². The third kappa shape index (κ3) is 4.22. The second kappa shape index (κ2) is 8.22. The van der Waals surface area contributed by atoms with Crippen molar-refractivity contribution in [2.24, 2.45) is 0 Å². The molecule has 3 heteroatoms. The van der Waals surface area contributed by atoms with Crippen LogP contribution in [-0.4, -0.2) is 25.4 Å². The van der Waals surface area contributed by atoms with Gasteiger partial charge >= 0.3 is 0 Å². The van der Waals surface area contributed by atoms with Crippen molar-refractivity contribution in [1.82, 2.24) is 0 Å². The first-order chi connectivity index (χ1) is 13.3. The van der Waals surface area contributed by atoms with Gasteiger partial charge in [0.05, 0.1) is 13.2 Å². The van der Waals surface area contributed by atoms with Gasteiger partial charge in [-0.2, -0.15) is 0 Å². The monoisotopic (exact) mass is 362 g/mol. The Morgan fingerprint density at radius 3 is 1.63 bits per heavy atom. The van der Waals surface area contributed by atoms with Crippen LogP contribution < -0.4 is 0 Å². The van der Waals surface area contributed by atoms with Crippen LogP contribution in [0.2, 0.25) is 0 Å². The van der Waals surface area contributed by atoms with Gasteiger partial charge in [-0.25, -0.2) is 0 Å². The topological polar surface area (TPSA) is 34.3 Å². The normalized spacial score (nSPS) is 25.8. The van der Waals surface area contributed by atoms with Crippen molar-refractivity contribution in [1.29, 1.82) is 0 Å². The average Bonchev–Trinajstić information content (AvgIpc) is 3.60. The van der Waals surface area contributed by atoms with Crippen molar-refractivity contribution >= 4 is 0 Å². The number of ether oxygens (including phenoxy) is 3. The van der Waals surface area contributed by atoms with Gasteiger partial charge in [0, 0.05) is 0 Å². The Kier molecular flexibility index (Phi) is 5.53. The average molecular weight is 362 g/mol. The molecule has 27 heavy (non-hydrogen) atoms. The molecule has 2 fully saturated rings. The summed E-state index contributed by atoms with van der Waals surface area (Å²) in [6.07, 6.45) is 6.16. The zero-order valence-corrected chi connectivity index (χ0v) is 15.6. The van der Waals surface area contributed by atoms with E-state index in [4.69, 9.17) is 14.2 Å². The third-order valence-electron chi connectivity index (χ3n) is 5.18. The van der Waals surface area contributed by atoms with Crippen molar-refractivity contribution in [3.8, 4) is 0 Å². The summed E-state index contributed by atoms with van der Waals surface area (Å²) in [4.78, 5) is 0. The van der Waals surface area contributed by atoms with E-state index in [1.807, 2.05) is 12.2 Å². The summed E-state index contributed by atoms with van der Waals surface area (Å²) in [6.45, 7) is 8.88. The second-order valence-corrected chi connectivity index (χ2v) is 7.11. The first kappa shape index (κ1) is 18.2. The molecule has 0 aliphatic carbocycles. The van der Waals surface area contributed by atoms with Crippen LogP contribution in [0, 0.1) is 0 Å². The first-order valence-electron chi connectivity index (χ1n) is 9.58. The zero-order chi connectivity index (χ0) is 18.6. The highest BCUT2D eigenvalue weighted by Crippen LogP contribution is 2.42. The van der Waals surface area contributed by atoms with Gasteiger partial charge in [-0.15, -0.1) is 13.2 Å². The molecule has 0 radical (unpaired) electrons. The van der Waals surface area contributed by atoms with Crippen LogP contribution >= 0.6 is 0 Å². The summed E-state index contributed by atoms with van der Waals surface area (Å²) in [5.41, 5.74) is 5.07. The van der Waals surface area contributed by atoms with E-state index >= 15 is 0 Å². The summed E-state index contributed by atoms with van der Waals surface area (Å²) in [6, 6.07) is 16.8. The van der Waals surface area contributed by atoms with Gasteiger partial charge in [0.15, 0.2) is 0 Å². The van der Waals surface area contributed by atoms with Crippen LogP contribution in [0.4, 0.5) is 0 Å². The largest absolute Gasteiger partial charge is 0.376 e. The fourth-order valence-electron chi connectivity index (χ4n) is 3.69. The molecular formula is C24H26O3. The molecule has 2 aromatic carbocycles. The summed E-state index contributed by atoms with van der Waals surface area (Å²) in [7, 11) is 0. The Morgan fingerprint density at radius 2 is 1.19 bits per heavy atom. The van der Waals surface area contributed by atoms with Gasteiger partial charge < -0.3 is 14.2 Å².